The molecule has 0 aromatic rings. The predicted octanol–water partition coefficient (Wildman–Crippen LogP) is 1.35. The Morgan fingerprint density at radius 1 is 1.43 bits per heavy atom. The van der Waals surface area contributed by atoms with Crippen LogP contribution in [0.25, 0.3) is 0 Å². The molecule has 3 aliphatic rings. The molecule has 3 fully saturated rings. The molecule has 1 N–H and O–H groups in total. The van der Waals surface area contributed by atoms with Gasteiger partial charge in [-0.2, -0.15) is 5.26 Å². The van der Waals surface area contributed by atoms with E-state index in [-0.39, 0.29) is 22.8 Å². The Kier molecular flexibility index (Phi) is 1.36. The molecule has 3 rings (SSSR count). The van der Waals surface area contributed by atoms with Gasteiger partial charge >= 0.3 is 0 Å². The Balaban J connectivity index is 1.89. The molecule has 0 aromatic heterocycles. The number of nitrogens with zero attached hydrogens (tertiary/aromatic N) is 1. The Bertz CT molecular complexity index is 336. The number of carbonyl (C=O) groups is 1. The van der Waals surface area contributed by atoms with Crippen molar-refractivity contribution in [1.82, 2.24) is 5.32 Å². The lowest BCUT2D eigenvalue weighted by Gasteiger charge is -2.51. The second-order valence-electron chi connectivity index (χ2n) is 5.06. The summed E-state index contributed by atoms with van der Waals surface area (Å²) in [5.74, 6) is 0.387. The van der Waals surface area contributed by atoms with Gasteiger partial charge in [-0.05, 0) is 19.3 Å². The van der Waals surface area contributed by atoms with E-state index in [4.69, 9.17) is 5.26 Å². The van der Waals surface area contributed by atoms with Crippen molar-refractivity contribution >= 4 is 5.91 Å². The minimum Gasteiger partial charge on any atom is -0.349 e. The summed E-state index contributed by atoms with van der Waals surface area (Å²) in [6, 6.07) is 2.39. The molecule has 1 saturated heterocycles. The second kappa shape index (κ2) is 2.31. The maximum Gasteiger partial charge on any atom is 0.222 e. The van der Waals surface area contributed by atoms with Gasteiger partial charge in [0.05, 0.1) is 23.9 Å². The average Bonchev–Trinajstić information content (AvgIpc) is 2.83. The first kappa shape index (κ1) is 8.28. The third kappa shape index (κ3) is 0.755. The maximum absolute atomic E-state index is 11.1. The van der Waals surface area contributed by atoms with E-state index < -0.39 is 0 Å². The molecule has 3 heteroatoms. The van der Waals surface area contributed by atoms with E-state index in [1.807, 2.05) is 0 Å². The smallest absolute Gasteiger partial charge is 0.222 e. The molecule has 0 bridgehead atoms. The lowest BCUT2D eigenvalue weighted by molar-refractivity contribution is -0.138. The zero-order valence-corrected chi connectivity index (χ0v) is 8.18. The van der Waals surface area contributed by atoms with Crippen LogP contribution in [-0.4, -0.2) is 11.4 Å². The van der Waals surface area contributed by atoms with E-state index in [0.29, 0.717) is 6.42 Å². The SMILES string of the molecule is N#CC1CC12CCCCC21CC(=O)N1. The second-order valence-corrected chi connectivity index (χ2v) is 5.06. The quantitative estimate of drug-likeness (QED) is 0.586. The van der Waals surface area contributed by atoms with Crippen LogP contribution in [0.15, 0.2) is 0 Å². The molecule has 14 heavy (non-hydrogen) atoms. The van der Waals surface area contributed by atoms with Crippen molar-refractivity contribution in [3.05, 3.63) is 0 Å². The van der Waals surface area contributed by atoms with E-state index in [1.54, 1.807) is 0 Å². The van der Waals surface area contributed by atoms with Crippen molar-refractivity contribution in [3.63, 3.8) is 0 Å². The highest BCUT2D eigenvalue weighted by Crippen LogP contribution is 2.68. The Hall–Kier alpha value is -1.04. The molecule has 1 aliphatic heterocycles. The van der Waals surface area contributed by atoms with Gasteiger partial charge in [0.2, 0.25) is 5.91 Å². The van der Waals surface area contributed by atoms with Gasteiger partial charge in [0.15, 0.2) is 0 Å². The number of nitriles is 1. The summed E-state index contributed by atoms with van der Waals surface area (Å²) in [6.07, 6.45) is 6.37. The Labute approximate surface area is 83.5 Å². The van der Waals surface area contributed by atoms with Crippen molar-refractivity contribution < 1.29 is 4.79 Å². The van der Waals surface area contributed by atoms with E-state index in [1.165, 1.54) is 12.8 Å². The average molecular weight is 190 g/mol. The zero-order valence-electron chi connectivity index (χ0n) is 8.18. The fourth-order valence-electron chi connectivity index (χ4n) is 3.61. The van der Waals surface area contributed by atoms with Gasteiger partial charge < -0.3 is 5.32 Å². The topological polar surface area (TPSA) is 52.9 Å². The maximum atomic E-state index is 11.1. The van der Waals surface area contributed by atoms with Crippen LogP contribution in [0.3, 0.4) is 0 Å². The first-order valence-corrected chi connectivity index (χ1v) is 5.43. The number of nitrogens with one attached hydrogen (secondary N) is 1. The minimum absolute atomic E-state index is 0.0305. The molecule has 0 aromatic carbocycles. The lowest BCUT2D eigenvalue weighted by Crippen LogP contribution is -2.67. The Morgan fingerprint density at radius 3 is 2.71 bits per heavy atom. The van der Waals surface area contributed by atoms with Crippen molar-refractivity contribution in [2.24, 2.45) is 11.3 Å². The zero-order chi connectivity index (χ0) is 9.81. The van der Waals surface area contributed by atoms with Gasteiger partial charge in [0, 0.05) is 5.41 Å². The standard InChI is InChI=1S/C11H14N2O/c12-7-8-5-10(8)3-1-2-4-11(10)6-9(14)13-11/h8H,1-6H2,(H,13,14). The summed E-state index contributed by atoms with van der Waals surface area (Å²) in [5, 5.41) is 12.1. The van der Waals surface area contributed by atoms with Crippen molar-refractivity contribution in [1.29, 1.82) is 5.26 Å². The normalized spacial score (nSPS) is 49.6. The van der Waals surface area contributed by atoms with Crippen LogP contribution in [0.4, 0.5) is 0 Å². The van der Waals surface area contributed by atoms with Crippen LogP contribution in [0, 0.1) is 22.7 Å². The molecule has 3 atom stereocenters. The van der Waals surface area contributed by atoms with Crippen molar-refractivity contribution in [2.75, 3.05) is 0 Å². The number of carbonyl (C=O) groups excluding carboxylic acids is 1. The molecule has 1 heterocycles. The molecule has 1 amide bonds. The number of hydrogen-bond acceptors (Lipinski definition) is 2. The largest absolute Gasteiger partial charge is 0.349 e. The lowest BCUT2D eigenvalue weighted by atomic mass is 9.63. The third-order valence-electron chi connectivity index (χ3n) is 4.50. The van der Waals surface area contributed by atoms with E-state index in [2.05, 4.69) is 11.4 Å². The van der Waals surface area contributed by atoms with Crippen LogP contribution in [0.2, 0.25) is 0 Å². The highest BCUT2D eigenvalue weighted by atomic mass is 16.2. The number of hydrogen-bond donors (Lipinski definition) is 1. The fraction of sp³-hybridized carbons (Fsp3) is 0.818. The molecule has 3 unspecified atom stereocenters. The summed E-state index contributed by atoms with van der Waals surface area (Å²) >= 11 is 0. The number of β-lactam (4-membered cyclic amide) rings is 1. The van der Waals surface area contributed by atoms with Crippen LogP contribution < -0.4 is 5.32 Å². The van der Waals surface area contributed by atoms with Gasteiger partial charge in [-0.3, -0.25) is 4.79 Å². The summed E-state index contributed by atoms with van der Waals surface area (Å²) in [4.78, 5) is 11.1. The highest BCUT2D eigenvalue weighted by Gasteiger charge is 2.70. The van der Waals surface area contributed by atoms with Crippen LogP contribution in [-0.2, 0) is 4.79 Å². The molecule has 3 nitrogen and oxygen atoms in total. The van der Waals surface area contributed by atoms with Gasteiger partial charge in [-0.15, -0.1) is 0 Å². The predicted molar refractivity (Wildman–Crippen MR) is 50.1 cm³/mol. The molecule has 2 saturated carbocycles. The van der Waals surface area contributed by atoms with Crippen molar-refractivity contribution in [3.8, 4) is 6.07 Å². The number of fused-ring (bicyclic) bond motifs is 1. The molecule has 0 radical (unpaired) electrons. The van der Waals surface area contributed by atoms with Crippen LogP contribution in [0.1, 0.15) is 38.5 Å². The molecule has 2 aliphatic carbocycles. The number of rotatable bonds is 0. The van der Waals surface area contributed by atoms with Gasteiger partial charge in [0.1, 0.15) is 0 Å². The fourth-order valence-corrected chi connectivity index (χ4v) is 3.61. The van der Waals surface area contributed by atoms with Crippen LogP contribution >= 0.6 is 0 Å². The van der Waals surface area contributed by atoms with E-state index in [9.17, 15) is 4.79 Å². The molecule has 2 spiro atoms. The highest BCUT2D eigenvalue weighted by molar-refractivity contribution is 5.85. The monoisotopic (exact) mass is 190 g/mol. The van der Waals surface area contributed by atoms with Crippen molar-refractivity contribution in [2.45, 2.75) is 44.1 Å². The van der Waals surface area contributed by atoms with E-state index >= 15 is 0 Å². The first-order chi connectivity index (χ1) is 6.72. The summed E-state index contributed by atoms with van der Waals surface area (Å²) < 4.78 is 0. The van der Waals surface area contributed by atoms with E-state index in [0.717, 1.165) is 19.3 Å². The molecular weight excluding hydrogens is 176 g/mol. The van der Waals surface area contributed by atoms with Crippen LogP contribution in [0.5, 0.6) is 0 Å². The minimum atomic E-state index is 0.0305. The molecule has 74 valence electrons. The third-order valence-corrected chi connectivity index (χ3v) is 4.50. The summed E-state index contributed by atoms with van der Waals surface area (Å²) in [5.41, 5.74) is 0.205. The Morgan fingerprint density at radius 2 is 2.14 bits per heavy atom. The molecular formula is C11H14N2O. The number of amides is 1. The summed E-state index contributed by atoms with van der Waals surface area (Å²) in [7, 11) is 0. The first-order valence-electron chi connectivity index (χ1n) is 5.43. The van der Waals surface area contributed by atoms with Gasteiger partial charge in [-0.25, -0.2) is 0 Å². The van der Waals surface area contributed by atoms with Gasteiger partial charge in [-0.1, -0.05) is 12.8 Å². The summed E-state index contributed by atoms with van der Waals surface area (Å²) in [6.45, 7) is 0. The van der Waals surface area contributed by atoms with Gasteiger partial charge in [0.25, 0.3) is 0 Å².